The molecule has 0 saturated carbocycles. The van der Waals surface area contributed by atoms with Crippen molar-refractivity contribution in [3.05, 3.63) is 58.6 Å². The molecule has 24 heavy (non-hydrogen) atoms. The normalized spacial score (nSPS) is 15.8. The van der Waals surface area contributed by atoms with E-state index in [9.17, 15) is 18.3 Å². The van der Waals surface area contributed by atoms with Crippen LogP contribution in [0.2, 0.25) is 0 Å². The number of amides is 1. The van der Waals surface area contributed by atoms with Crippen molar-refractivity contribution < 1.29 is 18.3 Å². The van der Waals surface area contributed by atoms with Crippen LogP contribution in [0.15, 0.2) is 47.5 Å². The number of pyridine rings is 1. The number of aromatic nitrogens is 1. The number of nitrogens with one attached hydrogen (secondary N) is 1. The number of hydrogen-bond donors (Lipinski definition) is 2. The van der Waals surface area contributed by atoms with Gasteiger partial charge in [0.25, 0.3) is 15.9 Å². The van der Waals surface area contributed by atoms with Gasteiger partial charge in [-0.25, -0.2) is 13.4 Å². The summed E-state index contributed by atoms with van der Waals surface area (Å²) < 4.78 is 26.0. The van der Waals surface area contributed by atoms with E-state index in [0.29, 0.717) is 5.69 Å². The highest BCUT2D eigenvalue weighted by Crippen LogP contribution is 2.35. The zero-order valence-corrected chi connectivity index (χ0v) is 13.8. The molecule has 2 aromatic rings. The molecule has 124 valence electrons. The first-order valence-corrected chi connectivity index (χ1v) is 8.52. The number of fused-ring (bicyclic) bond motifs is 1. The monoisotopic (exact) mass is 345 g/mol. The van der Waals surface area contributed by atoms with Crippen LogP contribution in [0, 0.1) is 6.92 Å². The molecule has 0 radical (unpaired) electrons. The molecule has 7 nitrogen and oxygen atoms in total. The average molecular weight is 345 g/mol. The van der Waals surface area contributed by atoms with E-state index in [2.05, 4.69) is 10.3 Å². The minimum atomic E-state index is -4.20. The third kappa shape index (κ3) is 2.50. The van der Waals surface area contributed by atoms with Crippen LogP contribution >= 0.6 is 0 Å². The van der Waals surface area contributed by atoms with Crippen molar-refractivity contribution in [2.45, 2.75) is 6.92 Å². The van der Waals surface area contributed by atoms with Gasteiger partial charge in [-0.15, -0.1) is 0 Å². The quantitative estimate of drug-likeness (QED) is 0.867. The largest absolute Gasteiger partial charge is 0.506 e. The van der Waals surface area contributed by atoms with Gasteiger partial charge in [0.05, 0.1) is 5.56 Å². The summed E-state index contributed by atoms with van der Waals surface area (Å²) in [6, 6.07) is 9.92. The Balaban J connectivity index is 2.07. The fraction of sp³-hybridized carbons (Fsp3) is 0.125. The van der Waals surface area contributed by atoms with Gasteiger partial charge in [0.15, 0.2) is 16.5 Å². The van der Waals surface area contributed by atoms with Gasteiger partial charge in [0.2, 0.25) is 0 Å². The Kier molecular flexibility index (Phi) is 3.76. The molecule has 0 aliphatic carbocycles. The van der Waals surface area contributed by atoms with Gasteiger partial charge in [0.1, 0.15) is 0 Å². The van der Waals surface area contributed by atoms with Crippen molar-refractivity contribution in [2.24, 2.45) is 0 Å². The molecule has 8 heteroatoms. The van der Waals surface area contributed by atoms with E-state index >= 15 is 0 Å². The van der Waals surface area contributed by atoms with Gasteiger partial charge in [0, 0.05) is 18.9 Å². The molecule has 1 aliphatic rings. The number of carbonyl (C=O) groups is 1. The summed E-state index contributed by atoms with van der Waals surface area (Å²) in [5.74, 6) is -1.44. The number of anilines is 2. The number of carbonyl (C=O) groups excluding carboxylic acids is 1. The standard InChI is InChI=1S/C16H15N3O4S/c1-10-5-7-11(8-6-10)18-16(21)14-13(20)12-4-3-9-17-15(12)19(2)24(14,22)23/h3-9,20H,1-2H3,(H,18,21). The molecule has 1 aromatic carbocycles. The maximum atomic E-state index is 12.6. The van der Waals surface area contributed by atoms with Crippen molar-refractivity contribution in [1.82, 2.24) is 4.98 Å². The predicted octanol–water partition coefficient (Wildman–Crippen LogP) is 2.03. The molecule has 0 atom stereocenters. The Morgan fingerprint density at radius 2 is 1.88 bits per heavy atom. The number of benzene rings is 1. The first-order chi connectivity index (χ1) is 11.3. The zero-order chi connectivity index (χ0) is 17.5. The van der Waals surface area contributed by atoms with Crippen LogP contribution in [0.1, 0.15) is 11.1 Å². The Morgan fingerprint density at radius 3 is 2.54 bits per heavy atom. The lowest BCUT2D eigenvalue weighted by atomic mass is 10.2. The Bertz CT molecular complexity index is 950. The Labute approximate surface area is 139 Å². The molecule has 1 aromatic heterocycles. The van der Waals surface area contributed by atoms with Gasteiger partial charge in [-0.05, 0) is 31.2 Å². The van der Waals surface area contributed by atoms with E-state index in [1.807, 2.05) is 6.92 Å². The number of aliphatic hydroxyl groups excluding tert-OH is 1. The second-order valence-corrected chi connectivity index (χ2v) is 7.25. The molecular weight excluding hydrogens is 330 g/mol. The first-order valence-electron chi connectivity index (χ1n) is 7.08. The van der Waals surface area contributed by atoms with Crippen molar-refractivity contribution in [1.29, 1.82) is 0 Å². The molecule has 0 unspecified atom stereocenters. The first kappa shape index (κ1) is 16.0. The summed E-state index contributed by atoms with van der Waals surface area (Å²) in [6.07, 6.45) is 1.41. The number of sulfonamides is 1. The smallest absolute Gasteiger partial charge is 0.274 e. The van der Waals surface area contributed by atoms with Crippen molar-refractivity contribution in [3.8, 4) is 0 Å². The molecule has 3 rings (SSSR count). The molecule has 0 fully saturated rings. The lowest BCUT2D eigenvalue weighted by Gasteiger charge is -2.27. The maximum Gasteiger partial charge on any atom is 0.274 e. The molecule has 2 N–H and O–H groups in total. The molecule has 2 heterocycles. The molecule has 0 spiro atoms. The summed E-state index contributed by atoms with van der Waals surface area (Å²) >= 11 is 0. The maximum absolute atomic E-state index is 12.6. The van der Waals surface area contributed by atoms with Crippen LogP contribution in [0.4, 0.5) is 11.5 Å². The zero-order valence-electron chi connectivity index (χ0n) is 13.0. The summed E-state index contributed by atoms with van der Waals surface area (Å²) in [5.41, 5.74) is 1.62. The predicted molar refractivity (Wildman–Crippen MR) is 90.9 cm³/mol. The highest BCUT2D eigenvalue weighted by atomic mass is 32.2. The molecular formula is C16H15N3O4S. The van der Waals surface area contributed by atoms with Crippen LogP contribution in [0.3, 0.4) is 0 Å². The van der Waals surface area contributed by atoms with Crippen LogP contribution in [-0.4, -0.2) is 31.5 Å². The SMILES string of the molecule is Cc1ccc(NC(=O)C2=C(O)c3cccnc3N(C)S2(=O)=O)cc1. The Hall–Kier alpha value is -2.87. The van der Waals surface area contributed by atoms with Crippen LogP contribution < -0.4 is 9.62 Å². The van der Waals surface area contributed by atoms with E-state index in [1.54, 1.807) is 30.3 Å². The third-order valence-electron chi connectivity index (χ3n) is 3.69. The fourth-order valence-electron chi connectivity index (χ4n) is 2.38. The number of aryl methyl sites for hydroxylation is 1. The van der Waals surface area contributed by atoms with E-state index in [0.717, 1.165) is 9.87 Å². The molecule has 1 aliphatic heterocycles. The van der Waals surface area contributed by atoms with Crippen LogP contribution in [0.5, 0.6) is 0 Å². The summed E-state index contributed by atoms with van der Waals surface area (Å²) in [4.78, 5) is 15.7. The summed E-state index contributed by atoms with van der Waals surface area (Å²) in [7, 11) is -2.92. The Morgan fingerprint density at radius 1 is 1.21 bits per heavy atom. The molecule has 0 saturated heterocycles. The minimum absolute atomic E-state index is 0.0712. The minimum Gasteiger partial charge on any atom is -0.506 e. The fourth-order valence-corrected chi connectivity index (χ4v) is 3.66. The molecule has 0 bridgehead atoms. The van der Waals surface area contributed by atoms with Crippen LogP contribution in [0.25, 0.3) is 5.76 Å². The third-order valence-corrected chi connectivity index (χ3v) is 5.48. The number of nitrogens with zero attached hydrogens (tertiary/aromatic N) is 2. The number of rotatable bonds is 2. The van der Waals surface area contributed by atoms with Crippen molar-refractivity contribution >= 4 is 33.2 Å². The van der Waals surface area contributed by atoms with Gasteiger partial charge < -0.3 is 10.4 Å². The number of hydrogen-bond acceptors (Lipinski definition) is 5. The second kappa shape index (κ2) is 5.64. The van der Waals surface area contributed by atoms with E-state index in [-0.39, 0.29) is 11.4 Å². The van der Waals surface area contributed by atoms with Gasteiger partial charge in [-0.2, -0.15) is 0 Å². The average Bonchev–Trinajstić information content (AvgIpc) is 2.55. The lowest BCUT2D eigenvalue weighted by Crippen LogP contribution is -2.37. The summed E-state index contributed by atoms with van der Waals surface area (Å²) in [6.45, 7) is 1.89. The highest BCUT2D eigenvalue weighted by Gasteiger charge is 2.40. The van der Waals surface area contributed by atoms with Crippen molar-refractivity contribution in [2.75, 3.05) is 16.7 Å². The van der Waals surface area contributed by atoms with Crippen LogP contribution in [-0.2, 0) is 14.8 Å². The highest BCUT2D eigenvalue weighted by molar-refractivity contribution is 7.97. The van der Waals surface area contributed by atoms with E-state index in [4.69, 9.17) is 0 Å². The van der Waals surface area contributed by atoms with E-state index in [1.165, 1.54) is 19.3 Å². The van der Waals surface area contributed by atoms with E-state index < -0.39 is 26.6 Å². The van der Waals surface area contributed by atoms with Gasteiger partial charge >= 0.3 is 0 Å². The number of aliphatic hydroxyl groups is 1. The summed E-state index contributed by atoms with van der Waals surface area (Å²) in [5, 5.41) is 12.8. The second-order valence-electron chi connectivity index (χ2n) is 5.34. The molecule has 1 amide bonds. The van der Waals surface area contributed by atoms with Crippen molar-refractivity contribution in [3.63, 3.8) is 0 Å². The topological polar surface area (TPSA) is 99.6 Å². The van der Waals surface area contributed by atoms with Gasteiger partial charge in [-0.1, -0.05) is 17.7 Å². The van der Waals surface area contributed by atoms with Gasteiger partial charge in [-0.3, -0.25) is 9.10 Å². The lowest BCUT2D eigenvalue weighted by molar-refractivity contribution is -0.112.